The fourth-order valence-electron chi connectivity index (χ4n) is 3.28. The van der Waals surface area contributed by atoms with Crippen molar-refractivity contribution in [1.29, 1.82) is 0 Å². The molecule has 0 aliphatic carbocycles. The summed E-state index contributed by atoms with van der Waals surface area (Å²) < 4.78 is 7.61. The molecule has 146 valence electrons. The monoisotopic (exact) mass is 397 g/mol. The maximum atomic E-state index is 12.5. The normalized spacial score (nSPS) is 13.5. The fourth-order valence-corrected chi connectivity index (χ4v) is 4.29. The Labute approximate surface area is 168 Å². The van der Waals surface area contributed by atoms with Crippen molar-refractivity contribution in [2.24, 2.45) is 0 Å². The second kappa shape index (κ2) is 7.73. The minimum Gasteiger partial charge on any atom is -0.489 e. The molecule has 0 saturated heterocycles. The fraction of sp³-hybridized carbons (Fsp3) is 0.300. The number of likely N-dealkylation sites (N-methyl/N-ethyl adjacent to an activating group) is 2. The number of ether oxygens (including phenoxy) is 1. The van der Waals surface area contributed by atoms with E-state index < -0.39 is 0 Å². The third kappa shape index (κ3) is 3.93. The van der Waals surface area contributed by atoms with Gasteiger partial charge in [0.1, 0.15) is 12.4 Å². The number of H-pyrrole nitrogens is 1. The lowest BCUT2D eigenvalue weighted by Gasteiger charge is -2.28. The summed E-state index contributed by atoms with van der Waals surface area (Å²) in [7, 11) is 3.94. The van der Waals surface area contributed by atoms with Crippen LogP contribution in [-0.4, -0.2) is 54.2 Å². The number of aromatic nitrogens is 2. The van der Waals surface area contributed by atoms with Crippen LogP contribution >= 0.6 is 11.9 Å². The highest BCUT2D eigenvalue weighted by Crippen LogP contribution is 2.33. The average Bonchev–Trinajstić information content (AvgIpc) is 3.10. The van der Waals surface area contributed by atoms with E-state index in [9.17, 15) is 4.79 Å². The number of aryl methyl sites for hydroxylation is 1. The van der Waals surface area contributed by atoms with Gasteiger partial charge in [0.2, 0.25) is 5.91 Å². The van der Waals surface area contributed by atoms with E-state index in [4.69, 9.17) is 4.74 Å². The molecule has 2 aromatic carbocycles. The number of carbonyl (C=O) groups excluding carboxylic acids is 1. The Morgan fingerprint density at radius 3 is 3.11 bits per heavy atom. The minimum absolute atomic E-state index is 0.0763. The zero-order valence-electron chi connectivity index (χ0n) is 16.2. The summed E-state index contributed by atoms with van der Waals surface area (Å²) >= 11 is 1.52. The van der Waals surface area contributed by atoms with Crippen molar-refractivity contribution in [3.8, 4) is 5.75 Å². The second-order valence-corrected chi connectivity index (χ2v) is 8.22. The molecular formula is C20H23N5O2S. The van der Waals surface area contributed by atoms with Gasteiger partial charge in [-0.25, -0.2) is 4.31 Å². The third-order valence-corrected chi connectivity index (χ3v) is 5.58. The third-order valence-electron chi connectivity index (χ3n) is 4.62. The van der Waals surface area contributed by atoms with Gasteiger partial charge in [-0.2, -0.15) is 5.10 Å². The van der Waals surface area contributed by atoms with Gasteiger partial charge in [0.25, 0.3) is 0 Å². The molecule has 0 spiro atoms. The van der Waals surface area contributed by atoms with E-state index in [1.807, 2.05) is 42.8 Å². The number of hydrogen-bond acceptors (Lipinski definition) is 6. The van der Waals surface area contributed by atoms with Gasteiger partial charge in [-0.05, 0) is 55.7 Å². The Kier molecular flexibility index (Phi) is 5.15. The molecule has 1 aliphatic rings. The van der Waals surface area contributed by atoms with E-state index in [0.717, 1.165) is 45.0 Å². The van der Waals surface area contributed by atoms with Gasteiger partial charge in [-0.1, -0.05) is 0 Å². The van der Waals surface area contributed by atoms with Crippen LogP contribution < -0.4 is 15.0 Å². The molecule has 28 heavy (non-hydrogen) atoms. The van der Waals surface area contributed by atoms with Crippen molar-refractivity contribution in [1.82, 2.24) is 14.5 Å². The van der Waals surface area contributed by atoms with Gasteiger partial charge >= 0.3 is 0 Å². The Morgan fingerprint density at radius 1 is 1.39 bits per heavy atom. The number of aromatic amines is 1. The molecule has 2 N–H and O–H groups in total. The van der Waals surface area contributed by atoms with Gasteiger partial charge in [-0.15, -0.1) is 0 Å². The molecule has 2 heterocycles. The van der Waals surface area contributed by atoms with E-state index in [0.29, 0.717) is 6.61 Å². The molecule has 8 heteroatoms. The maximum Gasteiger partial charge on any atom is 0.239 e. The summed E-state index contributed by atoms with van der Waals surface area (Å²) in [5, 5.41) is 11.2. The molecule has 1 aliphatic heterocycles. The van der Waals surface area contributed by atoms with Crippen LogP contribution in [0, 0.1) is 6.92 Å². The first-order valence-electron chi connectivity index (χ1n) is 9.10. The highest BCUT2D eigenvalue weighted by atomic mass is 32.2. The first-order valence-corrected chi connectivity index (χ1v) is 9.87. The highest BCUT2D eigenvalue weighted by Gasteiger charge is 2.16. The molecule has 4 rings (SSSR count). The van der Waals surface area contributed by atoms with Gasteiger partial charge in [-0.3, -0.25) is 9.89 Å². The van der Waals surface area contributed by atoms with Gasteiger partial charge < -0.3 is 15.0 Å². The minimum atomic E-state index is -0.0763. The lowest BCUT2D eigenvalue weighted by molar-refractivity contribution is -0.116. The predicted octanol–water partition coefficient (Wildman–Crippen LogP) is 3.28. The number of fused-ring (bicyclic) bond motifs is 2. The Balaban J connectivity index is 1.40. The van der Waals surface area contributed by atoms with Crippen LogP contribution in [0.3, 0.4) is 0 Å². The van der Waals surface area contributed by atoms with Crippen molar-refractivity contribution in [3.63, 3.8) is 0 Å². The SMILES string of the molecule is Cc1cc(SN(C)CC(=O)Nc2ccc3c(c2)OCCN3C)c2[nH]ncc2c1. The number of amides is 1. The van der Waals surface area contributed by atoms with Crippen molar-refractivity contribution >= 4 is 40.1 Å². The summed E-state index contributed by atoms with van der Waals surface area (Å²) in [6.45, 7) is 3.83. The van der Waals surface area contributed by atoms with Crippen LogP contribution in [0.5, 0.6) is 5.75 Å². The van der Waals surface area contributed by atoms with Crippen molar-refractivity contribution in [2.75, 3.05) is 44.0 Å². The lowest BCUT2D eigenvalue weighted by Crippen LogP contribution is -2.29. The summed E-state index contributed by atoms with van der Waals surface area (Å²) in [6.07, 6.45) is 1.81. The number of benzene rings is 2. The average molecular weight is 398 g/mol. The number of nitrogens with one attached hydrogen (secondary N) is 2. The summed E-state index contributed by atoms with van der Waals surface area (Å²) in [6, 6.07) is 9.95. The van der Waals surface area contributed by atoms with Crippen LogP contribution in [0.15, 0.2) is 41.4 Å². The van der Waals surface area contributed by atoms with Crippen molar-refractivity contribution in [2.45, 2.75) is 11.8 Å². The number of anilines is 2. The van der Waals surface area contributed by atoms with E-state index >= 15 is 0 Å². The van der Waals surface area contributed by atoms with Crippen LogP contribution in [-0.2, 0) is 4.79 Å². The van der Waals surface area contributed by atoms with E-state index in [1.165, 1.54) is 11.9 Å². The molecule has 3 aromatic rings. The molecular weight excluding hydrogens is 374 g/mol. The topological polar surface area (TPSA) is 73.5 Å². The van der Waals surface area contributed by atoms with Crippen LogP contribution in [0.2, 0.25) is 0 Å². The second-order valence-electron chi connectivity index (χ2n) is 6.98. The number of rotatable bonds is 5. The van der Waals surface area contributed by atoms with Crippen molar-refractivity contribution < 1.29 is 9.53 Å². The van der Waals surface area contributed by atoms with Crippen molar-refractivity contribution in [3.05, 3.63) is 42.1 Å². The molecule has 0 saturated carbocycles. The zero-order chi connectivity index (χ0) is 19.7. The van der Waals surface area contributed by atoms with Crippen LogP contribution in [0.4, 0.5) is 11.4 Å². The molecule has 1 amide bonds. The molecule has 7 nitrogen and oxygen atoms in total. The molecule has 0 bridgehead atoms. The van der Waals surface area contributed by atoms with Crippen LogP contribution in [0.1, 0.15) is 5.56 Å². The Hall–Kier alpha value is -2.71. The molecule has 0 atom stereocenters. The standard InChI is InChI=1S/C20H23N5O2S/c1-13-8-14-11-21-23-20(14)18(9-13)28-25(3)12-19(26)22-15-4-5-16-17(10-15)27-7-6-24(16)2/h4-5,8-11H,6-7,12H2,1-3H3,(H,21,23)(H,22,26). The maximum absolute atomic E-state index is 12.5. The molecule has 0 unspecified atom stereocenters. The van der Waals surface area contributed by atoms with Gasteiger partial charge in [0, 0.05) is 29.1 Å². The molecule has 1 aromatic heterocycles. The van der Waals surface area contributed by atoms with E-state index in [1.54, 1.807) is 0 Å². The lowest BCUT2D eigenvalue weighted by atomic mass is 10.2. The summed E-state index contributed by atoms with van der Waals surface area (Å²) in [5.41, 5.74) is 3.93. The Morgan fingerprint density at radius 2 is 2.25 bits per heavy atom. The first-order chi connectivity index (χ1) is 13.5. The Bertz CT molecular complexity index is 1020. The van der Waals surface area contributed by atoms with E-state index in [2.05, 4.69) is 39.5 Å². The highest BCUT2D eigenvalue weighted by molar-refractivity contribution is 7.97. The summed E-state index contributed by atoms with van der Waals surface area (Å²) in [5.74, 6) is 0.725. The largest absolute Gasteiger partial charge is 0.489 e. The smallest absolute Gasteiger partial charge is 0.239 e. The zero-order valence-corrected chi connectivity index (χ0v) is 17.0. The predicted molar refractivity (Wildman–Crippen MR) is 113 cm³/mol. The number of carbonyl (C=O) groups is 1. The van der Waals surface area contributed by atoms with Gasteiger partial charge in [0.15, 0.2) is 0 Å². The van der Waals surface area contributed by atoms with E-state index in [-0.39, 0.29) is 12.5 Å². The number of hydrogen-bond donors (Lipinski definition) is 2. The number of nitrogens with zero attached hydrogens (tertiary/aromatic N) is 3. The molecule has 0 radical (unpaired) electrons. The van der Waals surface area contributed by atoms with Gasteiger partial charge in [0.05, 0.1) is 30.5 Å². The first kappa shape index (κ1) is 18.6. The quantitative estimate of drug-likeness (QED) is 0.644. The molecule has 0 fully saturated rings. The van der Waals surface area contributed by atoms with Crippen LogP contribution in [0.25, 0.3) is 10.9 Å². The summed E-state index contributed by atoms with van der Waals surface area (Å²) in [4.78, 5) is 15.7.